The molecule has 0 bridgehead atoms. The molecule has 1 N–H and O–H groups in total. The zero-order valence-corrected chi connectivity index (χ0v) is 19.9. The van der Waals surface area contributed by atoms with E-state index in [-0.39, 0.29) is 31.1 Å². The van der Waals surface area contributed by atoms with E-state index < -0.39 is 23.3 Å². The predicted molar refractivity (Wildman–Crippen MR) is 121 cm³/mol. The van der Waals surface area contributed by atoms with E-state index in [1.54, 1.807) is 0 Å². The number of hydrogen-bond donors (Lipinski definition) is 1. The molecule has 0 aromatic heterocycles. The summed E-state index contributed by atoms with van der Waals surface area (Å²) in [5.74, 6) is 0.696. The fraction of sp³-hybridized carbons (Fsp3) is 0.654. The van der Waals surface area contributed by atoms with Gasteiger partial charge in [0.2, 0.25) is 6.79 Å². The third kappa shape index (κ3) is 3.83. The Morgan fingerprint density at radius 2 is 1.97 bits per heavy atom. The van der Waals surface area contributed by atoms with Crippen LogP contribution in [0.25, 0.3) is 0 Å². The van der Waals surface area contributed by atoms with Crippen molar-refractivity contribution in [3.8, 4) is 11.5 Å². The second kappa shape index (κ2) is 7.70. The Kier molecular flexibility index (Phi) is 5.29. The number of benzene rings is 1. The lowest BCUT2D eigenvalue weighted by atomic mass is 9.77. The van der Waals surface area contributed by atoms with Crippen molar-refractivity contribution >= 4 is 5.97 Å². The van der Waals surface area contributed by atoms with Crippen LogP contribution in [-0.2, 0) is 16.0 Å². The molecule has 2 unspecified atom stereocenters. The number of alkyl halides is 1. The zero-order chi connectivity index (χ0) is 23.6. The number of aliphatic hydroxyl groups is 1. The molecule has 1 saturated heterocycles. The van der Waals surface area contributed by atoms with Crippen molar-refractivity contribution in [2.45, 2.75) is 88.6 Å². The molecule has 180 valence electrons. The van der Waals surface area contributed by atoms with Gasteiger partial charge in [-0.15, -0.1) is 0 Å². The van der Waals surface area contributed by atoms with E-state index in [0.717, 1.165) is 55.0 Å². The lowest BCUT2D eigenvalue weighted by molar-refractivity contribution is -0.170. The fourth-order valence-corrected chi connectivity index (χ4v) is 6.09. The number of ether oxygens (including phenoxy) is 3. The van der Waals surface area contributed by atoms with Crippen molar-refractivity contribution in [1.82, 2.24) is 4.90 Å². The van der Waals surface area contributed by atoms with Gasteiger partial charge in [-0.25, -0.2) is 9.18 Å². The van der Waals surface area contributed by atoms with Gasteiger partial charge in [0.25, 0.3) is 0 Å². The lowest BCUT2D eigenvalue weighted by Crippen LogP contribution is -2.48. The Morgan fingerprint density at radius 3 is 2.70 bits per heavy atom. The number of nitrogens with zero attached hydrogens (tertiary/aromatic N) is 1. The Hall–Kier alpha value is -2.12. The van der Waals surface area contributed by atoms with Crippen LogP contribution in [0.4, 0.5) is 4.39 Å². The van der Waals surface area contributed by atoms with E-state index in [1.807, 2.05) is 6.92 Å². The van der Waals surface area contributed by atoms with E-state index in [2.05, 4.69) is 23.1 Å². The summed E-state index contributed by atoms with van der Waals surface area (Å²) in [6.07, 6.45) is 4.82. The average Bonchev–Trinajstić information content (AvgIpc) is 3.40. The van der Waals surface area contributed by atoms with Crippen molar-refractivity contribution < 1.29 is 28.5 Å². The normalized spacial score (nSPS) is 30.1. The highest BCUT2D eigenvalue weighted by Crippen LogP contribution is 2.55. The van der Waals surface area contributed by atoms with Crippen LogP contribution in [0.5, 0.6) is 11.5 Å². The van der Waals surface area contributed by atoms with Gasteiger partial charge in [0, 0.05) is 12.5 Å². The Labute approximate surface area is 194 Å². The second-order valence-corrected chi connectivity index (χ2v) is 10.9. The number of fused-ring (bicyclic) bond motifs is 3. The van der Waals surface area contributed by atoms with Gasteiger partial charge in [0.05, 0.1) is 5.54 Å². The summed E-state index contributed by atoms with van der Waals surface area (Å²) < 4.78 is 31.4. The first-order chi connectivity index (χ1) is 15.5. The third-order valence-electron chi connectivity index (χ3n) is 7.86. The molecule has 6 nitrogen and oxygen atoms in total. The molecule has 1 aromatic rings. The summed E-state index contributed by atoms with van der Waals surface area (Å²) in [5, 5.41) is 10.8. The van der Waals surface area contributed by atoms with Crippen molar-refractivity contribution in [3.63, 3.8) is 0 Å². The first kappa shape index (κ1) is 22.7. The maximum Gasteiger partial charge on any atom is 0.338 e. The highest BCUT2D eigenvalue weighted by molar-refractivity contribution is 5.79. The van der Waals surface area contributed by atoms with Crippen molar-refractivity contribution in [1.29, 1.82) is 0 Å². The molecule has 1 spiro atoms. The molecule has 0 amide bonds. The number of esters is 1. The largest absolute Gasteiger partial charge is 0.455 e. The van der Waals surface area contributed by atoms with Gasteiger partial charge in [0.1, 0.15) is 11.8 Å². The third-order valence-corrected chi connectivity index (χ3v) is 7.86. The maximum absolute atomic E-state index is 14.0. The van der Waals surface area contributed by atoms with Crippen LogP contribution in [0, 0.1) is 0 Å². The molecule has 7 heteroatoms. The first-order valence-corrected chi connectivity index (χ1v) is 12.0. The van der Waals surface area contributed by atoms with Gasteiger partial charge >= 0.3 is 5.97 Å². The summed E-state index contributed by atoms with van der Waals surface area (Å²) in [6, 6.07) is 4.13. The highest BCUT2D eigenvalue weighted by atomic mass is 19.1. The Balaban J connectivity index is 1.50. The van der Waals surface area contributed by atoms with Crippen LogP contribution in [0.2, 0.25) is 0 Å². The topological polar surface area (TPSA) is 68.2 Å². The molecule has 4 aliphatic rings. The SMILES string of the molecule is CC1=CC23CCCN2CCc2cc4c(cc2[C@@H]3C1OC(=O)[C@@](C)(O)CCC(C)(C)F)OCO4. The van der Waals surface area contributed by atoms with Gasteiger partial charge in [-0.05, 0) is 95.2 Å². The van der Waals surface area contributed by atoms with Gasteiger partial charge in [-0.1, -0.05) is 6.08 Å². The van der Waals surface area contributed by atoms with Crippen molar-refractivity contribution in [2.24, 2.45) is 0 Å². The number of rotatable bonds is 5. The average molecular weight is 460 g/mol. The number of carbonyl (C=O) groups is 1. The smallest absolute Gasteiger partial charge is 0.338 e. The van der Waals surface area contributed by atoms with Crippen LogP contribution in [0.3, 0.4) is 0 Å². The van der Waals surface area contributed by atoms with Crippen molar-refractivity contribution in [3.05, 3.63) is 34.9 Å². The number of hydrogen-bond acceptors (Lipinski definition) is 6. The predicted octanol–water partition coefficient (Wildman–Crippen LogP) is 4.04. The lowest BCUT2D eigenvalue weighted by Gasteiger charge is -2.40. The molecule has 3 heterocycles. The summed E-state index contributed by atoms with van der Waals surface area (Å²) in [6.45, 7) is 8.47. The highest BCUT2D eigenvalue weighted by Gasteiger charge is 2.57. The maximum atomic E-state index is 14.0. The summed E-state index contributed by atoms with van der Waals surface area (Å²) in [5.41, 5.74) is -0.137. The fourth-order valence-electron chi connectivity index (χ4n) is 6.09. The first-order valence-electron chi connectivity index (χ1n) is 12.0. The number of halogens is 1. The minimum Gasteiger partial charge on any atom is -0.455 e. The van der Waals surface area contributed by atoms with Crippen molar-refractivity contribution in [2.75, 3.05) is 19.9 Å². The molecule has 1 fully saturated rings. The number of carbonyl (C=O) groups excluding carboxylic acids is 1. The molecular formula is C26H34FNO5. The molecule has 1 aromatic carbocycles. The van der Waals surface area contributed by atoms with Crippen LogP contribution in [-0.4, -0.2) is 58.8 Å². The van der Waals surface area contributed by atoms with E-state index in [9.17, 15) is 14.3 Å². The molecule has 1 aliphatic carbocycles. The molecule has 33 heavy (non-hydrogen) atoms. The van der Waals surface area contributed by atoms with Crippen LogP contribution < -0.4 is 9.47 Å². The molecule has 4 atom stereocenters. The molecule has 3 aliphatic heterocycles. The standard InChI is InChI=1S/C26H34FNO5/c1-16-14-26-7-5-10-28(26)11-6-17-12-19-20(32-15-31-19)13-18(17)21(26)22(16)33-23(29)25(4,30)9-8-24(2,3)27/h12-14,21-22,30H,5-11,15H2,1-4H3/t21-,22?,25+,26?/m1/s1. The van der Waals surface area contributed by atoms with Gasteiger partial charge in [-0.2, -0.15) is 0 Å². The van der Waals surface area contributed by atoms with E-state index >= 15 is 0 Å². The van der Waals surface area contributed by atoms with E-state index in [4.69, 9.17) is 14.2 Å². The minimum absolute atomic E-state index is 0.00201. The molecule has 0 saturated carbocycles. The second-order valence-electron chi connectivity index (χ2n) is 10.9. The van der Waals surface area contributed by atoms with Gasteiger partial charge in [0.15, 0.2) is 17.1 Å². The Morgan fingerprint density at radius 1 is 1.24 bits per heavy atom. The van der Waals surface area contributed by atoms with Crippen LogP contribution in [0.1, 0.15) is 70.4 Å². The molecule has 0 radical (unpaired) electrons. The summed E-state index contributed by atoms with van der Waals surface area (Å²) >= 11 is 0. The van der Waals surface area contributed by atoms with Gasteiger partial charge < -0.3 is 19.3 Å². The molecular weight excluding hydrogens is 425 g/mol. The van der Waals surface area contributed by atoms with Gasteiger partial charge in [-0.3, -0.25) is 4.90 Å². The summed E-state index contributed by atoms with van der Waals surface area (Å²) in [4.78, 5) is 15.7. The zero-order valence-electron chi connectivity index (χ0n) is 19.9. The van der Waals surface area contributed by atoms with E-state index in [1.165, 1.54) is 26.3 Å². The minimum atomic E-state index is -1.75. The molecule has 5 rings (SSSR count). The van der Waals surface area contributed by atoms with E-state index in [0.29, 0.717) is 0 Å². The van der Waals surface area contributed by atoms with Crippen LogP contribution in [0.15, 0.2) is 23.8 Å². The Bertz CT molecular complexity index is 997. The van der Waals surface area contributed by atoms with Crippen LogP contribution >= 0.6 is 0 Å². The monoisotopic (exact) mass is 459 g/mol. The quantitative estimate of drug-likeness (QED) is 0.530. The summed E-state index contributed by atoms with van der Waals surface area (Å²) in [7, 11) is 0.